The molecule has 0 radical (unpaired) electrons. The number of Topliss-reactive ketones (excluding diaryl/α,β-unsaturated/α-hetero) is 2. The van der Waals surface area contributed by atoms with E-state index in [2.05, 4.69) is 82.7 Å². The number of carbonyl (C=O) groups excluding carboxylic acids is 2. The highest BCUT2D eigenvalue weighted by Gasteiger charge is 2.47. The molecule has 482 valence electrons. The van der Waals surface area contributed by atoms with Gasteiger partial charge in [-0.2, -0.15) is 0 Å². The molecule has 2 saturated carbocycles. The van der Waals surface area contributed by atoms with E-state index in [9.17, 15) is 45.6 Å². The van der Waals surface area contributed by atoms with Gasteiger partial charge in [-0.25, -0.2) is 0 Å². The van der Waals surface area contributed by atoms with E-state index in [-0.39, 0.29) is 96.0 Å². The Hall–Kier alpha value is -7.86. The van der Waals surface area contributed by atoms with E-state index in [4.69, 9.17) is 4.74 Å². The van der Waals surface area contributed by atoms with Crippen molar-refractivity contribution in [3.63, 3.8) is 0 Å². The third-order valence-corrected chi connectivity index (χ3v) is 21.3. The predicted octanol–water partition coefficient (Wildman–Crippen LogP) is 9.94. The topological polar surface area (TPSA) is 257 Å². The summed E-state index contributed by atoms with van der Waals surface area (Å²) in [5.74, 6) is 9.80. The fraction of sp³-hybridized carbons (Fsp3) is 0.455. The van der Waals surface area contributed by atoms with Gasteiger partial charge in [0.15, 0.2) is 35.5 Å². The largest absolute Gasteiger partial charge is 0.508 e. The highest BCUT2D eigenvalue weighted by molar-refractivity contribution is 6.06. The molecule has 5 aromatic carbocycles. The molecule has 15 atom stereocenters. The van der Waals surface area contributed by atoms with Crippen molar-refractivity contribution in [2.75, 3.05) is 32.1 Å². The quantitative estimate of drug-likeness (QED) is 0.0421. The number of rotatable bonds is 6. The number of dihydropyridines is 1. The molecule has 3 heterocycles. The molecule has 0 saturated heterocycles. The summed E-state index contributed by atoms with van der Waals surface area (Å²) in [5.41, 5.74) is 8.15. The van der Waals surface area contributed by atoms with Crippen LogP contribution in [0.1, 0.15) is 134 Å². The SMILES string of the molecule is CCC[C@@H]1[C@H]2C[C@@H]3C[C@@H]4C#C[C@H](c5cc(O)c(OC)cc5CCC(=O)[C@@H](O)C(=O)[C@@H]4C2)c2ccccc2[C@@H]2C[C@H](C(O)O)[C@H](Cc4cccc(O)c4)[C@@H](C#CC[C@H]3C3=CCNC(=C3)Nc3ccc4ccc(c(O)c4c3)C[C@@H](O)CNC[C@@H](C)c3c[nH]c(c3)C[C@H]1O)C2. The average Bonchev–Trinajstić information content (AvgIpc) is 0.980. The minimum absolute atomic E-state index is 0.0422. The molecule has 6 aliphatic rings. The molecule has 13 bridgehead atoms. The second-order valence-corrected chi connectivity index (χ2v) is 27.2. The molecule has 4 aliphatic carbocycles. The van der Waals surface area contributed by atoms with Crippen molar-refractivity contribution >= 4 is 28.0 Å². The van der Waals surface area contributed by atoms with Crippen LogP contribution in [0.2, 0.25) is 0 Å². The summed E-state index contributed by atoms with van der Waals surface area (Å²) < 4.78 is 5.68. The number of fused-ring (bicyclic) bond motifs is 15. The number of hydrogen-bond acceptors (Lipinski definition) is 14. The van der Waals surface area contributed by atoms with E-state index in [1.54, 1.807) is 30.3 Å². The molecule has 12 rings (SSSR count). The maximum atomic E-state index is 15.6. The zero-order valence-corrected chi connectivity index (χ0v) is 52.8. The third kappa shape index (κ3) is 13.9. The van der Waals surface area contributed by atoms with Crippen molar-refractivity contribution in [3.05, 3.63) is 171 Å². The number of aromatic nitrogens is 1. The van der Waals surface area contributed by atoms with Gasteiger partial charge in [-0.05, 0) is 191 Å². The number of methoxy groups -OCH3 is 1. The number of phenolic OH excluding ortho intramolecular Hbond substituents is 3. The normalized spacial score (nSPS) is 29.5. The Morgan fingerprint density at radius 1 is 0.750 bits per heavy atom. The number of anilines is 1. The van der Waals surface area contributed by atoms with Gasteiger partial charge in [-0.1, -0.05) is 98.7 Å². The second kappa shape index (κ2) is 28.2. The van der Waals surface area contributed by atoms with Crippen LogP contribution in [0, 0.1) is 76.9 Å². The van der Waals surface area contributed by atoms with Gasteiger partial charge in [0.2, 0.25) is 0 Å². The summed E-state index contributed by atoms with van der Waals surface area (Å²) >= 11 is 0. The number of aromatic amines is 1. The molecule has 0 spiro atoms. The highest BCUT2D eigenvalue weighted by atomic mass is 16.5. The van der Waals surface area contributed by atoms with Crippen LogP contribution in [0.25, 0.3) is 10.8 Å². The Bertz CT molecular complexity index is 3880. The van der Waals surface area contributed by atoms with Crippen molar-refractivity contribution in [2.45, 2.75) is 140 Å². The number of H-pyrrole nitrogens is 1. The molecule has 1 aromatic heterocycles. The number of hydrogen-bond donors (Lipinski definition) is 12. The summed E-state index contributed by atoms with van der Waals surface area (Å²) in [4.78, 5) is 33.7. The number of phenols is 3. The van der Waals surface area contributed by atoms with Gasteiger partial charge in [0.1, 0.15) is 17.3 Å². The predicted molar refractivity (Wildman–Crippen MR) is 355 cm³/mol. The molecule has 2 aliphatic heterocycles. The summed E-state index contributed by atoms with van der Waals surface area (Å²) in [7, 11) is 1.46. The Kier molecular flexibility index (Phi) is 19.7. The minimum Gasteiger partial charge on any atom is -0.508 e. The fourth-order valence-electron chi connectivity index (χ4n) is 16.5. The van der Waals surface area contributed by atoms with Gasteiger partial charge < -0.3 is 66.5 Å². The lowest BCUT2D eigenvalue weighted by Crippen LogP contribution is -2.40. The molecule has 2 fully saturated rings. The number of ether oxygens (including phenoxy) is 1. The Balaban J connectivity index is 1.07. The minimum atomic E-state index is -1.94. The lowest BCUT2D eigenvalue weighted by Gasteiger charge is -2.42. The van der Waals surface area contributed by atoms with Crippen LogP contribution in [-0.4, -0.2) is 109 Å². The first kappa shape index (κ1) is 64.3. The van der Waals surface area contributed by atoms with Gasteiger partial charge >= 0.3 is 0 Å². The van der Waals surface area contributed by atoms with Gasteiger partial charge in [0.05, 0.1) is 25.2 Å². The zero-order chi connectivity index (χ0) is 64.3. The molecule has 15 nitrogen and oxygen atoms in total. The molecular formula is C77H88N4O11. The molecular weight excluding hydrogens is 1160 g/mol. The summed E-state index contributed by atoms with van der Waals surface area (Å²) in [6, 6.07) is 30.3. The Morgan fingerprint density at radius 2 is 1.58 bits per heavy atom. The van der Waals surface area contributed by atoms with Crippen LogP contribution in [0.15, 0.2) is 127 Å². The number of aromatic hydroxyl groups is 3. The number of β-amino-alcohol motifs (C(OH)–C–C–N with tert-alkyl or cyclic N) is 1. The van der Waals surface area contributed by atoms with Crippen molar-refractivity contribution in [2.24, 2.45) is 53.3 Å². The van der Waals surface area contributed by atoms with Crippen LogP contribution in [0.3, 0.4) is 0 Å². The molecule has 0 amide bonds. The Labute approximate surface area is 539 Å². The third-order valence-electron chi connectivity index (χ3n) is 21.3. The van der Waals surface area contributed by atoms with E-state index in [1.807, 2.05) is 60.8 Å². The number of aliphatic hydroxyl groups is 5. The first-order valence-corrected chi connectivity index (χ1v) is 33.3. The van der Waals surface area contributed by atoms with E-state index in [0.29, 0.717) is 98.9 Å². The van der Waals surface area contributed by atoms with Crippen LogP contribution >= 0.6 is 0 Å². The molecule has 92 heavy (non-hydrogen) atoms. The van der Waals surface area contributed by atoms with E-state index >= 15 is 4.79 Å². The smallest absolute Gasteiger partial charge is 0.173 e. The average molecular weight is 1250 g/mol. The zero-order valence-electron chi connectivity index (χ0n) is 52.8. The second-order valence-electron chi connectivity index (χ2n) is 27.2. The number of aryl methyl sites for hydroxylation is 1. The van der Waals surface area contributed by atoms with Crippen molar-refractivity contribution in [1.29, 1.82) is 0 Å². The number of carbonyl (C=O) groups is 2. The Morgan fingerprint density at radius 3 is 2.38 bits per heavy atom. The monoisotopic (exact) mass is 1240 g/mol. The van der Waals surface area contributed by atoms with E-state index in [1.165, 1.54) is 7.11 Å². The number of benzene rings is 5. The first-order valence-electron chi connectivity index (χ1n) is 33.3. The molecule has 12 N–H and O–H groups in total. The van der Waals surface area contributed by atoms with Crippen LogP contribution in [0.4, 0.5) is 5.69 Å². The lowest BCUT2D eigenvalue weighted by molar-refractivity contribution is -0.142. The van der Waals surface area contributed by atoms with Gasteiger partial charge in [-0.3, -0.25) is 9.59 Å². The lowest BCUT2D eigenvalue weighted by atomic mass is 9.63. The van der Waals surface area contributed by atoms with Crippen LogP contribution in [-0.2, 0) is 35.3 Å². The maximum Gasteiger partial charge on any atom is 0.173 e. The van der Waals surface area contributed by atoms with E-state index in [0.717, 1.165) is 51.0 Å². The van der Waals surface area contributed by atoms with E-state index < -0.39 is 59.8 Å². The number of ketones is 2. The molecule has 6 aromatic rings. The standard InChI is InChI=1S/C77H88N4O11/c1-4-9-61-53-30-51-29-47-19-22-63(65-39-71(86)72(92-3)35-48(65)20-23-69(84)76(89)75(88)66(47)33-53)62-14-6-5-13-60(62)52-28-46(64(68(34-52)77(90)91)27-44-10-7-12-57(82)26-44)11-8-15-59(51)49-24-25-79-73(36-49)81-55-21-18-45-16-17-50(74(87)67(45)37-55)32-58(83)42-78-40-43(2)54-31-56(80-41-54)38-70(61)85/h5-7,10,12-14,16-18,21,24,26,31,35-37,39,41,43,46-47,51-53,58-59,61,63-64,66,68,70,76-83,85-87,89-91H,4,9,15,20,23,25,27-30,32-34,38,40,42H2,1-3H3/t43-,46+,47+,51+,52+,53+,58-,59+,61-,63+,64-,66-,68+,70-,76-/m1/s1. The number of allylic oxidation sites excluding steroid dienone is 2. The van der Waals surface area contributed by atoms with Gasteiger partial charge in [0.25, 0.3) is 0 Å². The summed E-state index contributed by atoms with van der Waals surface area (Å²) in [5, 5.41) is 106. The van der Waals surface area contributed by atoms with Crippen LogP contribution < -0.4 is 20.7 Å². The van der Waals surface area contributed by atoms with Gasteiger partial charge in [0, 0.05) is 92.0 Å². The van der Waals surface area contributed by atoms with Crippen LogP contribution in [0.5, 0.6) is 23.0 Å². The summed E-state index contributed by atoms with van der Waals surface area (Å²) in [6.07, 6.45) is 5.71. The number of nitrogens with one attached hydrogen (secondary N) is 4. The number of aliphatic hydroxyl groups excluding tert-OH is 4. The van der Waals surface area contributed by atoms with Crippen molar-refractivity contribution < 1.29 is 55.2 Å². The first-order chi connectivity index (χ1) is 44.5. The van der Waals surface area contributed by atoms with Gasteiger partial charge in [-0.15, -0.1) is 5.92 Å². The summed E-state index contributed by atoms with van der Waals surface area (Å²) in [6.45, 7) is 5.54. The maximum absolute atomic E-state index is 15.6. The van der Waals surface area contributed by atoms with Crippen molar-refractivity contribution in [1.82, 2.24) is 15.6 Å². The van der Waals surface area contributed by atoms with Crippen molar-refractivity contribution in [3.8, 4) is 46.7 Å². The fourth-order valence-corrected chi connectivity index (χ4v) is 16.5. The highest BCUT2D eigenvalue weighted by Crippen LogP contribution is 2.51. The molecule has 15 heteroatoms. The molecule has 0 unspecified atom stereocenters.